The molecule has 0 aliphatic rings. The van der Waals surface area contributed by atoms with Crippen molar-refractivity contribution < 1.29 is 4.74 Å². The second-order valence-corrected chi connectivity index (χ2v) is 6.95. The van der Waals surface area contributed by atoms with Crippen LogP contribution in [0.2, 0.25) is 0 Å². The highest BCUT2D eigenvalue weighted by Crippen LogP contribution is 2.33. The Morgan fingerprint density at radius 1 is 1.12 bits per heavy atom. The SMILES string of the molecule is COc1ccc(-c2nc3c4[nH]cnc4ncn3c2NC(C)(C)C)cc1. The smallest absolute Gasteiger partial charge is 0.182 e. The number of rotatable bonds is 3. The lowest BCUT2D eigenvalue weighted by atomic mass is 10.1. The van der Waals surface area contributed by atoms with Gasteiger partial charge in [-0.3, -0.25) is 4.40 Å². The number of imidazole rings is 2. The molecule has 0 saturated heterocycles. The molecule has 2 N–H and O–H groups in total. The highest BCUT2D eigenvalue weighted by Gasteiger charge is 2.21. The van der Waals surface area contributed by atoms with E-state index in [9.17, 15) is 0 Å². The standard InChI is InChI=1S/C18H20N6O/c1-18(2,3)23-17-13(11-5-7-12(25-4)8-6-11)22-16-14-15(20-9-19-14)21-10-24(16)17/h5-10,23H,1-4H3,(H,19,20). The molecule has 0 aliphatic heterocycles. The van der Waals surface area contributed by atoms with E-state index < -0.39 is 0 Å². The van der Waals surface area contributed by atoms with Crippen molar-refractivity contribution in [3.8, 4) is 17.0 Å². The summed E-state index contributed by atoms with van der Waals surface area (Å²) in [4.78, 5) is 16.6. The minimum Gasteiger partial charge on any atom is -0.497 e. The lowest BCUT2D eigenvalue weighted by Crippen LogP contribution is -2.27. The maximum atomic E-state index is 5.26. The Morgan fingerprint density at radius 3 is 2.56 bits per heavy atom. The van der Waals surface area contributed by atoms with Gasteiger partial charge in [-0.1, -0.05) is 0 Å². The second kappa shape index (κ2) is 5.47. The summed E-state index contributed by atoms with van der Waals surface area (Å²) in [6.07, 6.45) is 3.39. The first-order valence-electron chi connectivity index (χ1n) is 8.09. The third-order valence-corrected chi connectivity index (χ3v) is 3.91. The third kappa shape index (κ3) is 2.67. The lowest BCUT2D eigenvalue weighted by molar-refractivity contribution is 0.415. The zero-order valence-corrected chi connectivity index (χ0v) is 14.7. The zero-order chi connectivity index (χ0) is 17.6. The molecule has 0 atom stereocenters. The molecule has 0 unspecified atom stereocenters. The molecular weight excluding hydrogens is 316 g/mol. The maximum Gasteiger partial charge on any atom is 0.182 e. The Hall–Kier alpha value is -3.09. The summed E-state index contributed by atoms with van der Waals surface area (Å²) < 4.78 is 7.22. The number of nitrogens with one attached hydrogen (secondary N) is 2. The van der Waals surface area contributed by atoms with Crippen LogP contribution in [0.1, 0.15) is 20.8 Å². The van der Waals surface area contributed by atoms with Crippen molar-refractivity contribution >= 4 is 22.6 Å². The Balaban J connectivity index is 1.98. The number of aromatic nitrogens is 5. The molecule has 0 fully saturated rings. The summed E-state index contributed by atoms with van der Waals surface area (Å²) in [5, 5.41) is 3.55. The number of hydrogen-bond acceptors (Lipinski definition) is 5. The van der Waals surface area contributed by atoms with E-state index in [0.717, 1.165) is 34.0 Å². The first-order valence-corrected chi connectivity index (χ1v) is 8.09. The number of H-pyrrole nitrogens is 1. The fourth-order valence-corrected chi connectivity index (χ4v) is 2.81. The monoisotopic (exact) mass is 336 g/mol. The quantitative estimate of drug-likeness (QED) is 0.598. The van der Waals surface area contributed by atoms with Gasteiger partial charge in [-0.05, 0) is 45.0 Å². The molecule has 3 heterocycles. The Morgan fingerprint density at radius 2 is 1.88 bits per heavy atom. The van der Waals surface area contributed by atoms with Crippen molar-refractivity contribution in [1.29, 1.82) is 0 Å². The molecule has 4 rings (SSSR count). The average Bonchev–Trinajstić information content (AvgIpc) is 3.18. The van der Waals surface area contributed by atoms with Crippen LogP contribution in [0.5, 0.6) is 5.75 Å². The minimum absolute atomic E-state index is 0.125. The predicted molar refractivity (Wildman–Crippen MR) is 98.0 cm³/mol. The van der Waals surface area contributed by atoms with Crippen LogP contribution >= 0.6 is 0 Å². The number of hydrogen-bond donors (Lipinski definition) is 2. The number of nitrogens with zero attached hydrogens (tertiary/aromatic N) is 4. The fraction of sp³-hybridized carbons (Fsp3) is 0.278. The molecule has 3 aromatic heterocycles. The normalized spacial score (nSPS) is 12.0. The lowest BCUT2D eigenvalue weighted by Gasteiger charge is -2.22. The highest BCUT2D eigenvalue weighted by atomic mass is 16.5. The van der Waals surface area contributed by atoms with Crippen molar-refractivity contribution in [2.75, 3.05) is 12.4 Å². The summed E-state index contributed by atoms with van der Waals surface area (Å²) in [6, 6.07) is 7.88. The van der Waals surface area contributed by atoms with Gasteiger partial charge >= 0.3 is 0 Å². The summed E-state index contributed by atoms with van der Waals surface area (Å²) in [6.45, 7) is 6.35. The highest BCUT2D eigenvalue weighted by molar-refractivity contribution is 5.89. The van der Waals surface area contributed by atoms with Crippen LogP contribution in [0.15, 0.2) is 36.9 Å². The molecule has 128 valence electrons. The van der Waals surface area contributed by atoms with E-state index in [1.54, 1.807) is 19.8 Å². The number of fused-ring (bicyclic) bond motifs is 3. The van der Waals surface area contributed by atoms with E-state index in [1.807, 2.05) is 28.7 Å². The number of ether oxygens (including phenoxy) is 1. The van der Waals surface area contributed by atoms with Crippen molar-refractivity contribution in [2.24, 2.45) is 0 Å². The van der Waals surface area contributed by atoms with Crippen LogP contribution in [0, 0.1) is 0 Å². The zero-order valence-electron chi connectivity index (χ0n) is 14.7. The molecule has 0 spiro atoms. The first kappa shape index (κ1) is 15.4. The van der Waals surface area contributed by atoms with Crippen LogP contribution < -0.4 is 10.1 Å². The van der Waals surface area contributed by atoms with E-state index >= 15 is 0 Å². The third-order valence-electron chi connectivity index (χ3n) is 3.91. The van der Waals surface area contributed by atoms with E-state index in [4.69, 9.17) is 9.72 Å². The van der Waals surface area contributed by atoms with Crippen LogP contribution in [-0.4, -0.2) is 37.0 Å². The van der Waals surface area contributed by atoms with E-state index in [1.165, 1.54) is 0 Å². The van der Waals surface area contributed by atoms with Crippen molar-refractivity contribution in [2.45, 2.75) is 26.3 Å². The maximum absolute atomic E-state index is 5.26. The van der Waals surface area contributed by atoms with E-state index in [2.05, 4.69) is 41.0 Å². The van der Waals surface area contributed by atoms with Gasteiger partial charge < -0.3 is 15.0 Å². The topological polar surface area (TPSA) is 80.1 Å². The molecule has 0 amide bonds. The Bertz CT molecular complexity index is 1040. The van der Waals surface area contributed by atoms with Gasteiger partial charge in [-0.25, -0.2) is 15.0 Å². The predicted octanol–water partition coefficient (Wildman–Crippen LogP) is 3.49. The largest absolute Gasteiger partial charge is 0.497 e. The van der Waals surface area contributed by atoms with Crippen LogP contribution in [0.4, 0.5) is 5.82 Å². The molecule has 1 aromatic carbocycles. The molecule has 0 aliphatic carbocycles. The summed E-state index contributed by atoms with van der Waals surface area (Å²) >= 11 is 0. The minimum atomic E-state index is -0.125. The van der Waals surface area contributed by atoms with Gasteiger partial charge in [0, 0.05) is 11.1 Å². The number of aromatic amines is 1. The van der Waals surface area contributed by atoms with Crippen molar-refractivity contribution in [3.63, 3.8) is 0 Å². The molecule has 0 bridgehead atoms. The fourth-order valence-electron chi connectivity index (χ4n) is 2.81. The van der Waals surface area contributed by atoms with Gasteiger partial charge in [0.2, 0.25) is 0 Å². The molecule has 7 nitrogen and oxygen atoms in total. The van der Waals surface area contributed by atoms with Crippen LogP contribution in [0.25, 0.3) is 28.1 Å². The van der Waals surface area contributed by atoms with Gasteiger partial charge in [-0.15, -0.1) is 0 Å². The van der Waals surface area contributed by atoms with Gasteiger partial charge in [0.15, 0.2) is 11.3 Å². The first-order chi connectivity index (χ1) is 12.0. The van der Waals surface area contributed by atoms with Crippen molar-refractivity contribution in [3.05, 3.63) is 36.9 Å². The summed E-state index contributed by atoms with van der Waals surface area (Å²) in [7, 11) is 1.66. The van der Waals surface area contributed by atoms with Crippen LogP contribution in [-0.2, 0) is 0 Å². The van der Waals surface area contributed by atoms with Gasteiger partial charge in [0.1, 0.15) is 29.1 Å². The average molecular weight is 336 g/mol. The molecule has 25 heavy (non-hydrogen) atoms. The van der Waals surface area contributed by atoms with Gasteiger partial charge in [0.25, 0.3) is 0 Å². The van der Waals surface area contributed by atoms with Crippen LogP contribution in [0.3, 0.4) is 0 Å². The van der Waals surface area contributed by atoms with Gasteiger partial charge in [0.05, 0.1) is 13.4 Å². The van der Waals surface area contributed by atoms with Gasteiger partial charge in [-0.2, -0.15) is 0 Å². The molecule has 0 radical (unpaired) electrons. The van der Waals surface area contributed by atoms with E-state index in [0.29, 0.717) is 5.65 Å². The summed E-state index contributed by atoms with van der Waals surface area (Å²) in [5.41, 5.74) is 4.01. The number of benzene rings is 1. The molecule has 7 heteroatoms. The Labute approximate surface area is 145 Å². The number of anilines is 1. The molecule has 4 aromatic rings. The molecule has 0 saturated carbocycles. The molecular formula is C18H20N6O. The Kier molecular flexibility index (Phi) is 3.38. The summed E-state index contributed by atoms with van der Waals surface area (Å²) in [5.74, 6) is 1.71. The van der Waals surface area contributed by atoms with E-state index in [-0.39, 0.29) is 5.54 Å². The second-order valence-electron chi connectivity index (χ2n) is 6.95. The van der Waals surface area contributed by atoms with Crippen molar-refractivity contribution in [1.82, 2.24) is 24.3 Å². The number of methoxy groups -OCH3 is 1.